The number of para-hydroxylation sites is 1. The Morgan fingerprint density at radius 1 is 1.17 bits per heavy atom. The van der Waals surface area contributed by atoms with Crippen LogP contribution in [-0.2, 0) is 5.41 Å². The summed E-state index contributed by atoms with van der Waals surface area (Å²) in [6.07, 6.45) is 6.89. The van der Waals surface area contributed by atoms with Crippen molar-refractivity contribution in [3.8, 4) is 5.75 Å². The van der Waals surface area contributed by atoms with Crippen LogP contribution in [0, 0.1) is 5.92 Å². The number of fused-ring (bicyclic) bond motifs is 2. The minimum atomic E-state index is -1.89. The Morgan fingerprint density at radius 2 is 1.78 bits per heavy atom. The van der Waals surface area contributed by atoms with Crippen LogP contribution in [0.2, 0.25) is 13.1 Å². The average molecular weight is 332 g/mol. The summed E-state index contributed by atoms with van der Waals surface area (Å²) in [6, 6.07) is 6.40. The Balaban J connectivity index is 2.00. The predicted molar refractivity (Wildman–Crippen MR) is 101 cm³/mol. The molecule has 0 saturated heterocycles. The Bertz CT molecular complexity index is 594. The van der Waals surface area contributed by atoms with Gasteiger partial charge in [-0.05, 0) is 61.2 Å². The monoisotopic (exact) mass is 331 g/mol. The molecular weight excluding hydrogens is 298 g/mol. The Kier molecular flexibility index (Phi) is 3.96. The van der Waals surface area contributed by atoms with Gasteiger partial charge in [-0.1, -0.05) is 52.1 Å². The molecule has 0 atom stereocenters. The van der Waals surface area contributed by atoms with Crippen LogP contribution in [0.1, 0.15) is 58.4 Å². The summed E-state index contributed by atoms with van der Waals surface area (Å²) >= 11 is 0. The van der Waals surface area contributed by atoms with E-state index in [1.807, 2.05) is 0 Å². The maximum Gasteiger partial charge on any atom is 0.159 e. The first-order valence-electron chi connectivity index (χ1n) is 9.15. The van der Waals surface area contributed by atoms with Crippen molar-refractivity contribution < 1.29 is 5.11 Å². The Labute approximate surface area is 143 Å². The number of nitrogens with zero attached hydrogens (tertiary/aromatic N) is 1. The first-order chi connectivity index (χ1) is 10.6. The molecule has 3 heteroatoms. The molecular formula is C20H33NOSi. The molecule has 1 N–H and O–H groups in total. The summed E-state index contributed by atoms with van der Waals surface area (Å²) < 4.78 is 2.72. The highest BCUT2D eigenvalue weighted by molar-refractivity contribution is 6.88. The van der Waals surface area contributed by atoms with Crippen molar-refractivity contribution in [1.82, 2.24) is 4.57 Å². The number of phenols is 1. The zero-order valence-corrected chi connectivity index (χ0v) is 16.7. The van der Waals surface area contributed by atoms with Crippen molar-refractivity contribution in [1.29, 1.82) is 0 Å². The molecule has 0 unspecified atom stereocenters. The second-order valence-electron chi connectivity index (χ2n) is 9.44. The van der Waals surface area contributed by atoms with E-state index in [2.05, 4.69) is 63.7 Å². The van der Waals surface area contributed by atoms with E-state index in [0.29, 0.717) is 11.3 Å². The van der Waals surface area contributed by atoms with Crippen LogP contribution in [0.25, 0.3) is 0 Å². The largest absolute Gasteiger partial charge is 0.508 e. The van der Waals surface area contributed by atoms with Gasteiger partial charge in [0.1, 0.15) is 5.75 Å². The Hall–Kier alpha value is -0.803. The fourth-order valence-electron chi connectivity index (χ4n) is 5.05. The van der Waals surface area contributed by atoms with Crippen LogP contribution in [0.4, 0.5) is 0 Å². The van der Waals surface area contributed by atoms with Crippen molar-refractivity contribution >= 4 is 13.4 Å². The minimum Gasteiger partial charge on any atom is -0.508 e. The summed E-state index contributed by atoms with van der Waals surface area (Å²) in [5, 5.41) is 12.2. The molecule has 2 bridgehead atoms. The zero-order chi connectivity index (χ0) is 17.0. The average Bonchev–Trinajstić information content (AvgIpc) is 3.07. The summed E-state index contributed by atoms with van der Waals surface area (Å²) in [4.78, 5) is 0. The van der Waals surface area contributed by atoms with E-state index < -0.39 is 8.24 Å². The molecule has 2 fully saturated rings. The number of benzene rings is 1. The van der Waals surface area contributed by atoms with Crippen LogP contribution >= 0.6 is 0 Å². The molecule has 0 radical (unpaired) electrons. The van der Waals surface area contributed by atoms with E-state index >= 15 is 0 Å². The van der Waals surface area contributed by atoms with E-state index in [4.69, 9.17) is 0 Å². The van der Waals surface area contributed by atoms with Gasteiger partial charge in [0.2, 0.25) is 0 Å². The minimum absolute atomic E-state index is 0.0206. The second-order valence-corrected chi connectivity index (χ2v) is 13.8. The zero-order valence-electron chi connectivity index (χ0n) is 15.7. The molecule has 2 aliphatic carbocycles. The third kappa shape index (κ3) is 2.66. The number of hydrogen-bond donors (Lipinski definition) is 1. The summed E-state index contributed by atoms with van der Waals surface area (Å²) in [7, 11) is 0.451. The maximum absolute atomic E-state index is 11.0. The molecule has 0 amide bonds. The molecule has 0 aromatic heterocycles. The van der Waals surface area contributed by atoms with Gasteiger partial charge >= 0.3 is 0 Å². The van der Waals surface area contributed by atoms with Crippen molar-refractivity contribution in [3.63, 3.8) is 0 Å². The quantitative estimate of drug-likeness (QED) is 0.832. The molecule has 1 aromatic rings. The molecule has 0 aliphatic heterocycles. The molecule has 0 heterocycles. The number of aromatic hydroxyl groups is 1. The maximum atomic E-state index is 11.0. The topological polar surface area (TPSA) is 23.5 Å². The smallest absolute Gasteiger partial charge is 0.159 e. The highest BCUT2D eigenvalue weighted by Gasteiger charge is 2.52. The number of hydrogen-bond acceptors (Lipinski definition) is 2. The standard InChI is InChI=1S/C20H33NOSi/c1-19(2,3)16-8-7-9-17(18(16)22)23(5,6)21(4)20-12-10-15(14-20)11-13-20/h7-9,15,22H,10-14H2,1-6H3. The first-order valence-corrected chi connectivity index (χ1v) is 12.1. The molecule has 1 aromatic carbocycles. The molecule has 2 aliphatic rings. The SMILES string of the molecule is CN(C12CCC(CC1)C2)[Si](C)(C)c1cccc(C(C)(C)C)c1O. The predicted octanol–water partition coefficient (Wildman–Crippen LogP) is 4.37. The third-order valence-corrected chi connectivity index (χ3v) is 10.6. The lowest BCUT2D eigenvalue weighted by Gasteiger charge is -2.47. The highest BCUT2D eigenvalue weighted by Crippen LogP contribution is 2.52. The number of phenolic OH excluding ortho intramolecular Hbond substituents is 1. The van der Waals surface area contributed by atoms with Gasteiger partial charge in [0, 0.05) is 5.54 Å². The molecule has 0 spiro atoms. The fourth-order valence-corrected chi connectivity index (χ4v) is 8.13. The first kappa shape index (κ1) is 17.0. The van der Waals surface area contributed by atoms with Gasteiger partial charge in [-0.3, -0.25) is 0 Å². The molecule has 3 rings (SSSR count). The lowest BCUT2D eigenvalue weighted by molar-refractivity contribution is 0.216. The van der Waals surface area contributed by atoms with E-state index in [-0.39, 0.29) is 5.41 Å². The van der Waals surface area contributed by atoms with Crippen LogP contribution < -0.4 is 5.19 Å². The van der Waals surface area contributed by atoms with Gasteiger partial charge in [-0.25, -0.2) is 0 Å². The van der Waals surface area contributed by atoms with Gasteiger partial charge in [0.15, 0.2) is 8.24 Å². The van der Waals surface area contributed by atoms with Gasteiger partial charge in [-0.15, -0.1) is 0 Å². The lowest BCUT2D eigenvalue weighted by atomic mass is 9.86. The van der Waals surface area contributed by atoms with Crippen LogP contribution in [0.15, 0.2) is 18.2 Å². The van der Waals surface area contributed by atoms with Crippen molar-refractivity contribution in [2.45, 2.75) is 76.9 Å². The van der Waals surface area contributed by atoms with Crippen LogP contribution in [0.5, 0.6) is 5.75 Å². The normalized spacial score (nSPS) is 27.9. The summed E-state index contributed by atoms with van der Waals surface area (Å²) in [5.74, 6) is 1.50. The van der Waals surface area contributed by atoms with E-state index in [9.17, 15) is 5.11 Å². The summed E-state index contributed by atoms with van der Waals surface area (Å²) in [6.45, 7) is 11.4. The fraction of sp³-hybridized carbons (Fsp3) is 0.700. The van der Waals surface area contributed by atoms with E-state index in [1.54, 1.807) is 0 Å². The number of rotatable bonds is 3. The van der Waals surface area contributed by atoms with E-state index in [1.165, 1.54) is 37.3 Å². The van der Waals surface area contributed by atoms with E-state index in [0.717, 1.165) is 11.5 Å². The van der Waals surface area contributed by atoms with Crippen molar-refractivity contribution in [2.24, 2.45) is 5.92 Å². The lowest BCUT2D eigenvalue weighted by Crippen LogP contribution is -2.64. The molecule has 2 saturated carbocycles. The molecule has 2 nitrogen and oxygen atoms in total. The highest BCUT2D eigenvalue weighted by atomic mass is 28.3. The molecule has 23 heavy (non-hydrogen) atoms. The van der Waals surface area contributed by atoms with Crippen LogP contribution in [-0.4, -0.2) is 30.5 Å². The van der Waals surface area contributed by atoms with Crippen molar-refractivity contribution in [2.75, 3.05) is 7.05 Å². The van der Waals surface area contributed by atoms with Crippen molar-refractivity contribution in [3.05, 3.63) is 23.8 Å². The van der Waals surface area contributed by atoms with Gasteiger partial charge in [0.25, 0.3) is 0 Å². The van der Waals surface area contributed by atoms with Gasteiger partial charge in [-0.2, -0.15) is 0 Å². The van der Waals surface area contributed by atoms with Gasteiger partial charge in [0.05, 0.1) is 0 Å². The molecule has 128 valence electrons. The third-order valence-electron chi connectivity index (χ3n) is 6.76. The van der Waals surface area contributed by atoms with Crippen LogP contribution in [0.3, 0.4) is 0 Å². The Morgan fingerprint density at radius 3 is 2.26 bits per heavy atom. The second kappa shape index (κ2) is 5.35. The van der Waals surface area contributed by atoms with Gasteiger partial charge < -0.3 is 9.67 Å². The summed E-state index contributed by atoms with van der Waals surface area (Å²) in [5.41, 5.74) is 1.47.